The fourth-order valence-corrected chi connectivity index (χ4v) is 2.72. The number of rotatable bonds is 7. The standard InChI is InChI=1S/C17H29N3O/c1-4-15(2)18-9-10-19-11-13-20(14-12-19)16-7-5-6-8-17(16)21-3/h5-8,15,18H,4,9-14H2,1-3H3. The number of nitrogens with one attached hydrogen (secondary N) is 1. The van der Waals surface area contributed by atoms with Crippen LogP contribution in [0.1, 0.15) is 20.3 Å². The second-order valence-corrected chi connectivity index (χ2v) is 5.76. The fourth-order valence-electron chi connectivity index (χ4n) is 2.72. The Morgan fingerprint density at radius 3 is 2.57 bits per heavy atom. The molecule has 0 aliphatic carbocycles. The molecule has 4 heteroatoms. The zero-order valence-electron chi connectivity index (χ0n) is 13.6. The van der Waals surface area contributed by atoms with Gasteiger partial charge in [-0.1, -0.05) is 19.1 Å². The maximum absolute atomic E-state index is 5.46. The highest BCUT2D eigenvalue weighted by Crippen LogP contribution is 2.28. The van der Waals surface area contributed by atoms with Gasteiger partial charge in [0, 0.05) is 45.3 Å². The van der Waals surface area contributed by atoms with E-state index in [1.54, 1.807) is 7.11 Å². The molecule has 1 aromatic rings. The van der Waals surface area contributed by atoms with E-state index in [4.69, 9.17) is 4.74 Å². The van der Waals surface area contributed by atoms with Gasteiger partial charge in [-0.05, 0) is 25.5 Å². The van der Waals surface area contributed by atoms with Gasteiger partial charge in [-0.3, -0.25) is 4.90 Å². The maximum Gasteiger partial charge on any atom is 0.142 e. The number of methoxy groups -OCH3 is 1. The van der Waals surface area contributed by atoms with Crippen molar-refractivity contribution in [3.8, 4) is 5.75 Å². The molecule has 1 saturated heterocycles. The number of nitrogens with zero attached hydrogens (tertiary/aromatic N) is 2. The third-order valence-electron chi connectivity index (χ3n) is 4.33. The number of hydrogen-bond acceptors (Lipinski definition) is 4. The van der Waals surface area contributed by atoms with Gasteiger partial charge in [0.05, 0.1) is 12.8 Å². The summed E-state index contributed by atoms with van der Waals surface area (Å²) >= 11 is 0. The van der Waals surface area contributed by atoms with Crippen LogP contribution in [0.25, 0.3) is 0 Å². The lowest BCUT2D eigenvalue weighted by Crippen LogP contribution is -2.48. The molecule has 21 heavy (non-hydrogen) atoms. The van der Waals surface area contributed by atoms with Crippen molar-refractivity contribution >= 4 is 5.69 Å². The van der Waals surface area contributed by atoms with Gasteiger partial charge in [-0.2, -0.15) is 0 Å². The van der Waals surface area contributed by atoms with E-state index in [9.17, 15) is 0 Å². The molecule has 1 aliphatic rings. The van der Waals surface area contributed by atoms with Gasteiger partial charge >= 0.3 is 0 Å². The number of anilines is 1. The molecular formula is C17H29N3O. The van der Waals surface area contributed by atoms with E-state index < -0.39 is 0 Å². The molecule has 1 heterocycles. The predicted octanol–water partition coefficient (Wildman–Crippen LogP) is 2.21. The quantitative estimate of drug-likeness (QED) is 0.833. The van der Waals surface area contributed by atoms with Gasteiger partial charge in [-0.15, -0.1) is 0 Å². The summed E-state index contributed by atoms with van der Waals surface area (Å²) in [5, 5.41) is 3.57. The summed E-state index contributed by atoms with van der Waals surface area (Å²) in [4.78, 5) is 4.97. The van der Waals surface area contributed by atoms with Crippen LogP contribution in [-0.2, 0) is 0 Å². The van der Waals surface area contributed by atoms with Crippen molar-refractivity contribution in [2.75, 3.05) is 51.3 Å². The number of piperazine rings is 1. The molecule has 1 unspecified atom stereocenters. The topological polar surface area (TPSA) is 27.7 Å². The maximum atomic E-state index is 5.46. The molecule has 2 rings (SSSR count). The van der Waals surface area contributed by atoms with Crippen molar-refractivity contribution in [1.82, 2.24) is 10.2 Å². The Morgan fingerprint density at radius 1 is 1.19 bits per heavy atom. The first-order valence-corrected chi connectivity index (χ1v) is 8.08. The number of hydrogen-bond donors (Lipinski definition) is 1. The molecule has 118 valence electrons. The third-order valence-corrected chi connectivity index (χ3v) is 4.33. The van der Waals surface area contributed by atoms with Gasteiger partial charge in [0.15, 0.2) is 0 Å². The van der Waals surface area contributed by atoms with Crippen LogP contribution >= 0.6 is 0 Å². The molecule has 0 radical (unpaired) electrons. The second kappa shape index (κ2) is 8.25. The van der Waals surface area contributed by atoms with Crippen molar-refractivity contribution in [2.24, 2.45) is 0 Å². The summed E-state index contributed by atoms with van der Waals surface area (Å²) in [5.41, 5.74) is 1.22. The summed E-state index contributed by atoms with van der Waals surface area (Å²) in [5.74, 6) is 0.976. The second-order valence-electron chi connectivity index (χ2n) is 5.76. The number of para-hydroxylation sites is 2. The zero-order valence-corrected chi connectivity index (χ0v) is 13.6. The van der Waals surface area contributed by atoms with Crippen LogP contribution in [-0.4, -0.2) is 57.3 Å². The predicted molar refractivity (Wildman–Crippen MR) is 89.4 cm³/mol. The summed E-state index contributed by atoms with van der Waals surface area (Å²) < 4.78 is 5.46. The van der Waals surface area contributed by atoms with Gasteiger partial charge in [-0.25, -0.2) is 0 Å². The SMILES string of the molecule is CCC(C)NCCN1CCN(c2ccccc2OC)CC1. The highest BCUT2D eigenvalue weighted by Gasteiger charge is 2.19. The molecule has 0 aromatic heterocycles. The smallest absolute Gasteiger partial charge is 0.142 e. The van der Waals surface area contributed by atoms with Crippen LogP contribution < -0.4 is 15.0 Å². The highest BCUT2D eigenvalue weighted by atomic mass is 16.5. The average molecular weight is 291 g/mol. The fraction of sp³-hybridized carbons (Fsp3) is 0.647. The molecule has 1 aromatic carbocycles. The normalized spacial score (nSPS) is 17.8. The van der Waals surface area contributed by atoms with Gasteiger partial charge in [0.1, 0.15) is 5.75 Å². The Balaban J connectivity index is 1.78. The Kier molecular flexibility index (Phi) is 6.33. The first kappa shape index (κ1) is 16.1. The molecule has 1 atom stereocenters. The molecule has 0 bridgehead atoms. The van der Waals surface area contributed by atoms with E-state index in [0.29, 0.717) is 6.04 Å². The van der Waals surface area contributed by atoms with E-state index in [-0.39, 0.29) is 0 Å². The lowest BCUT2D eigenvalue weighted by molar-refractivity contribution is 0.253. The monoisotopic (exact) mass is 291 g/mol. The molecule has 0 saturated carbocycles. The van der Waals surface area contributed by atoms with Crippen molar-refractivity contribution in [3.63, 3.8) is 0 Å². The number of benzene rings is 1. The van der Waals surface area contributed by atoms with Crippen molar-refractivity contribution in [2.45, 2.75) is 26.3 Å². The Hall–Kier alpha value is -1.26. The minimum atomic E-state index is 0.625. The molecular weight excluding hydrogens is 262 g/mol. The molecule has 1 aliphatic heterocycles. The zero-order chi connectivity index (χ0) is 15.1. The van der Waals surface area contributed by atoms with Gasteiger partial charge < -0.3 is 15.0 Å². The van der Waals surface area contributed by atoms with E-state index in [2.05, 4.69) is 41.1 Å². The van der Waals surface area contributed by atoms with Crippen molar-refractivity contribution in [1.29, 1.82) is 0 Å². The first-order chi connectivity index (χ1) is 10.2. The van der Waals surface area contributed by atoms with Crippen LogP contribution in [0.5, 0.6) is 5.75 Å². The number of ether oxygens (including phenoxy) is 1. The Morgan fingerprint density at radius 2 is 1.90 bits per heavy atom. The third kappa shape index (κ3) is 4.61. The first-order valence-electron chi connectivity index (χ1n) is 8.08. The van der Waals surface area contributed by atoms with Gasteiger partial charge in [0.2, 0.25) is 0 Å². The van der Waals surface area contributed by atoms with Crippen LogP contribution in [0.4, 0.5) is 5.69 Å². The van der Waals surface area contributed by atoms with E-state index in [0.717, 1.165) is 45.0 Å². The Labute approximate surface area is 129 Å². The Bertz CT molecular complexity index is 416. The molecule has 1 N–H and O–H groups in total. The summed E-state index contributed by atoms with van der Waals surface area (Å²) in [6.07, 6.45) is 1.20. The van der Waals surface area contributed by atoms with E-state index in [1.807, 2.05) is 12.1 Å². The van der Waals surface area contributed by atoms with Crippen LogP contribution in [0.15, 0.2) is 24.3 Å². The average Bonchev–Trinajstić information content (AvgIpc) is 2.55. The minimum absolute atomic E-state index is 0.625. The summed E-state index contributed by atoms with van der Waals surface area (Å²) in [6, 6.07) is 8.93. The minimum Gasteiger partial charge on any atom is -0.495 e. The van der Waals surface area contributed by atoms with Crippen molar-refractivity contribution in [3.05, 3.63) is 24.3 Å². The van der Waals surface area contributed by atoms with Crippen molar-refractivity contribution < 1.29 is 4.74 Å². The van der Waals surface area contributed by atoms with E-state index in [1.165, 1.54) is 12.1 Å². The molecule has 1 fully saturated rings. The van der Waals surface area contributed by atoms with Crippen LogP contribution in [0.2, 0.25) is 0 Å². The van der Waals surface area contributed by atoms with E-state index >= 15 is 0 Å². The summed E-state index contributed by atoms with van der Waals surface area (Å²) in [7, 11) is 1.75. The van der Waals surface area contributed by atoms with Crippen LogP contribution in [0.3, 0.4) is 0 Å². The lowest BCUT2D eigenvalue weighted by Gasteiger charge is -2.36. The molecule has 0 spiro atoms. The molecule has 4 nitrogen and oxygen atoms in total. The molecule has 0 amide bonds. The largest absolute Gasteiger partial charge is 0.495 e. The van der Waals surface area contributed by atoms with Crippen LogP contribution in [0, 0.1) is 0 Å². The lowest BCUT2D eigenvalue weighted by atomic mass is 10.2. The summed E-state index contributed by atoms with van der Waals surface area (Å²) in [6.45, 7) is 11.1. The van der Waals surface area contributed by atoms with Gasteiger partial charge in [0.25, 0.3) is 0 Å². The highest BCUT2D eigenvalue weighted by molar-refractivity contribution is 5.58.